The zero-order valence-electron chi connectivity index (χ0n) is 15.9. The van der Waals surface area contributed by atoms with Gasteiger partial charge in [0.15, 0.2) is 5.13 Å². The lowest BCUT2D eigenvalue weighted by atomic mass is 9.84. The van der Waals surface area contributed by atoms with Crippen molar-refractivity contribution < 1.29 is 22.7 Å². The summed E-state index contributed by atoms with van der Waals surface area (Å²) in [5, 5.41) is 5.35. The van der Waals surface area contributed by atoms with E-state index in [9.17, 15) is 18.0 Å². The molecule has 1 aromatic rings. The Morgan fingerprint density at radius 1 is 1.14 bits per heavy atom. The van der Waals surface area contributed by atoms with Crippen LogP contribution in [0.2, 0.25) is 0 Å². The number of thiazole rings is 1. The number of alkyl halides is 3. The molecule has 0 saturated heterocycles. The van der Waals surface area contributed by atoms with Crippen molar-refractivity contribution in [2.75, 3.05) is 18.5 Å². The van der Waals surface area contributed by atoms with Gasteiger partial charge in [-0.25, -0.2) is 9.78 Å². The normalized spacial score (nSPS) is 24.1. The zero-order chi connectivity index (χ0) is 20.0. The van der Waals surface area contributed by atoms with Crippen molar-refractivity contribution in [3.63, 3.8) is 0 Å². The van der Waals surface area contributed by atoms with Gasteiger partial charge in [0, 0.05) is 30.3 Å². The van der Waals surface area contributed by atoms with Crippen LogP contribution in [0.5, 0.6) is 0 Å². The first-order valence-electron chi connectivity index (χ1n) is 10.1. The maximum atomic E-state index is 13.0. The SMILES string of the molecule is O=C(Nc1nccs1)N(C1CCCCC1)C1CCC(COCC(F)(F)F)CC1. The molecule has 0 bridgehead atoms. The number of nitrogens with one attached hydrogen (secondary N) is 1. The number of carbonyl (C=O) groups is 1. The smallest absolute Gasteiger partial charge is 0.372 e. The van der Waals surface area contributed by atoms with Crippen molar-refractivity contribution >= 4 is 22.5 Å². The van der Waals surface area contributed by atoms with Crippen LogP contribution in [-0.4, -0.2) is 47.4 Å². The molecule has 1 heterocycles. The molecular formula is C19H28F3N3O2S. The summed E-state index contributed by atoms with van der Waals surface area (Å²) in [4.78, 5) is 19.2. The van der Waals surface area contributed by atoms with E-state index < -0.39 is 12.8 Å². The number of hydrogen-bond donors (Lipinski definition) is 1. The second-order valence-corrected chi connectivity index (χ2v) is 8.67. The van der Waals surface area contributed by atoms with Crippen molar-refractivity contribution in [3.05, 3.63) is 11.6 Å². The number of amides is 2. The molecule has 28 heavy (non-hydrogen) atoms. The van der Waals surface area contributed by atoms with Crippen LogP contribution in [0.3, 0.4) is 0 Å². The summed E-state index contributed by atoms with van der Waals surface area (Å²) < 4.78 is 41.6. The Hall–Kier alpha value is -1.35. The van der Waals surface area contributed by atoms with E-state index in [1.165, 1.54) is 17.8 Å². The van der Waals surface area contributed by atoms with Gasteiger partial charge in [0.05, 0.1) is 0 Å². The van der Waals surface area contributed by atoms with Crippen LogP contribution in [0.15, 0.2) is 11.6 Å². The number of nitrogens with zero attached hydrogens (tertiary/aromatic N) is 2. The van der Waals surface area contributed by atoms with Crippen LogP contribution in [-0.2, 0) is 4.74 Å². The summed E-state index contributed by atoms with van der Waals surface area (Å²) in [6, 6.07) is 0.261. The summed E-state index contributed by atoms with van der Waals surface area (Å²) in [6.45, 7) is -1.04. The van der Waals surface area contributed by atoms with Crippen molar-refractivity contribution in [2.24, 2.45) is 5.92 Å². The van der Waals surface area contributed by atoms with E-state index in [1.807, 2.05) is 10.3 Å². The van der Waals surface area contributed by atoms with E-state index in [4.69, 9.17) is 4.74 Å². The lowest BCUT2D eigenvalue weighted by Gasteiger charge is -2.42. The third-order valence-electron chi connectivity index (χ3n) is 5.68. The second-order valence-electron chi connectivity index (χ2n) is 7.77. The van der Waals surface area contributed by atoms with Crippen LogP contribution in [0.25, 0.3) is 0 Å². The Balaban J connectivity index is 1.55. The number of anilines is 1. The van der Waals surface area contributed by atoms with E-state index in [2.05, 4.69) is 10.3 Å². The molecular weight excluding hydrogens is 391 g/mol. The van der Waals surface area contributed by atoms with Gasteiger partial charge in [-0.1, -0.05) is 19.3 Å². The fourth-order valence-electron chi connectivity index (χ4n) is 4.36. The molecule has 158 valence electrons. The van der Waals surface area contributed by atoms with Gasteiger partial charge in [0.25, 0.3) is 0 Å². The standard InChI is InChI=1S/C19H28F3N3O2S/c20-19(21,22)13-27-12-14-6-8-16(9-7-14)25(15-4-2-1-3-5-15)18(26)24-17-23-10-11-28-17/h10-11,14-16H,1-9,12-13H2,(H,23,24,26). The summed E-state index contributed by atoms with van der Waals surface area (Å²) in [5.41, 5.74) is 0. The van der Waals surface area contributed by atoms with Crippen LogP contribution in [0.4, 0.5) is 23.1 Å². The van der Waals surface area contributed by atoms with E-state index in [1.54, 1.807) is 6.20 Å². The van der Waals surface area contributed by atoms with Gasteiger partial charge in [-0.3, -0.25) is 5.32 Å². The van der Waals surface area contributed by atoms with Crippen molar-refractivity contribution in [1.29, 1.82) is 0 Å². The molecule has 2 saturated carbocycles. The lowest BCUT2D eigenvalue weighted by molar-refractivity contribution is -0.177. The Bertz CT molecular complexity index is 598. The number of ether oxygens (including phenoxy) is 1. The van der Waals surface area contributed by atoms with Crippen LogP contribution >= 0.6 is 11.3 Å². The lowest BCUT2D eigenvalue weighted by Crippen LogP contribution is -2.51. The highest BCUT2D eigenvalue weighted by Gasteiger charge is 2.35. The molecule has 9 heteroatoms. The molecule has 1 aromatic heterocycles. The minimum Gasteiger partial charge on any atom is -0.372 e. The highest BCUT2D eigenvalue weighted by molar-refractivity contribution is 7.13. The molecule has 2 fully saturated rings. The van der Waals surface area contributed by atoms with E-state index >= 15 is 0 Å². The first-order chi connectivity index (χ1) is 13.4. The topological polar surface area (TPSA) is 54.5 Å². The van der Waals surface area contributed by atoms with Gasteiger partial charge in [0.1, 0.15) is 6.61 Å². The maximum Gasteiger partial charge on any atom is 0.411 e. The second kappa shape index (κ2) is 9.91. The van der Waals surface area contributed by atoms with Gasteiger partial charge in [-0.15, -0.1) is 11.3 Å². The number of urea groups is 1. The van der Waals surface area contributed by atoms with Gasteiger partial charge in [-0.05, 0) is 44.4 Å². The maximum absolute atomic E-state index is 13.0. The van der Waals surface area contributed by atoms with Crippen LogP contribution in [0.1, 0.15) is 57.8 Å². The molecule has 0 spiro atoms. The largest absolute Gasteiger partial charge is 0.411 e. The van der Waals surface area contributed by atoms with Crippen LogP contribution in [0, 0.1) is 5.92 Å². The number of aromatic nitrogens is 1. The molecule has 2 amide bonds. The van der Waals surface area contributed by atoms with Crippen molar-refractivity contribution in [1.82, 2.24) is 9.88 Å². The summed E-state index contributed by atoms with van der Waals surface area (Å²) >= 11 is 1.40. The average molecular weight is 420 g/mol. The molecule has 2 aliphatic rings. The summed E-state index contributed by atoms with van der Waals surface area (Å²) in [5.74, 6) is 0.133. The van der Waals surface area contributed by atoms with Gasteiger partial charge in [-0.2, -0.15) is 13.2 Å². The third kappa shape index (κ3) is 6.34. The Kier molecular flexibility index (Phi) is 7.56. The van der Waals surface area contributed by atoms with Gasteiger partial charge >= 0.3 is 12.2 Å². The quantitative estimate of drug-likeness (QED) is 0.667. The molecule has 0 radical (unpaired) electrons. The predicted octanol–water partition coefficient (Wildman–Crippen LogP) is 5.45. The molecule has 2 aliphatic carbocycles. The fraction of sp³-hybridized carbons (Fsp3) is 0.789. The van der Waals surface area contributed by atoms with Gasteiger partial charge < -0.3 is 9.64 Å². The molecule has 0 atom stereocenters. The van der Waals surface area contributed by atoms with Crippen molar-refractivity contribution in [3.8, 4) is 0 Å². The first kappa shape index (κ1) is 21.4. The molecule has 5 nitrogen and oxygen atoms in total. The number of rotatable bonds is 6. The molecule has 1 N–H and O–H groups in total. The monoisotopic (exact) mass is 419 g/mol. The van der Waals surface area contributed by atoms with Crippen LogP contribution < -0.4 is 5.32 Å². The number of hydrogen-bond acceptors (Lipinski definition) is 4. The Morgan fingerprint density at radius 2 is 1.82 bits per heavy atom. The third-order valence-corrected chi connectivity index (χ3v) is 6.37. The minimum absolute atomic E-state index is 0.0985. The van der Waals surface area contributed by atoms with E-state index in [0.717, 1.165) is 51.4 Å². The highest BCUT2D eigenvalue weighted by atomic mass is 32.1. The number of carbonyl (C=O) groups excluding carboxylic acids is 1. The highest BCUT2D eigenvalue weighted by Crippen LogP contribution is 2.33. The molecule has 0 unspecified atom stereocenters. The molecule has 0 aliphatic heterocycles. The number of halogens is 3. The summed E-state index contributed by atoms with van der Waals surface area (Å²) in [6.07, 6.45) is 6.08. The van der Waals surface area contributed by atoms with Gasteiger partial charge in [0.2, 0.25) is 0 Å². The zero-order valence-corrected chi connectivity index (χ0v) is 16.7. The molecule has 3 rings (SSSR count). The van der Waals surface area contributed by atoms with E-state index in [0.29, 0.717) is 5.13 Å². The Labute approximate surface area is 167 Å². The fourth-order valence-corrected chi connectivity index (χ4v) is 4.88. The van der Waals surface area contributed by atoms with Crippen molar-refractivity contribution in [2.45, 2.75) is 76.0 Å². The van der Waals surface area contributed by atoms with E-state index in [-0.39, 0.29) is 30.6 Å². The summed E-state index contributed by atoms with van der Waals surface area (Å²) in [7, 11) is 0. The predicted molar refractivity (Wildman–Crippen MR) is 102 cm³/mol. The first-order valence-corrected chi connectivity index (χ1v) is 10.9. The Morgan fingerprint density at radius 3 is 2.43 bits per heavy atom. The minimum atomic E-state index is -4.27. The molecule has 0 aromatic carbocycles. The average Bonchev–Trinajstić information content (AvgIpc) is 3.16.